The Morgan fingerprint density at radius 1 is 1.36 bits per heavy atom. The highest BCUT2D eigenvalue weighted by atomic mass is 35.5. The van der Waals surface area contributed by atoms with Gasteiger partial charge in [0.25, 0.3) is 0 Å². The summed E-state index contributed by atoms with van der Waals surface area (Å²) < 4.78 is 0.614. The van der Waals surface area contributed by atoms with Gasteiger partial charge in [0.15, 0.2) is 0 Å². The molecule has 0 saturated heterocycles. The molecule has 0 radical (unpaired) electrons. The van der Waals surface area contributed by atoms with Gasteiger partial charge in [-0.1, -0.05) is 17.7 Å². The second-order valence-corrected chi connectivity index (χ2v) is 4.32. The normalized spacial score (nSPS) is 12.7. The number of hydrogen-bond donors (Lipinski definition) is 1. The number of rotatable bonds is 2. The zero-order valence-corrected chi connectivity index (χ0v) is 8.79. The van der Waals surface area contributed by atoms with Gasteiger partial charge in [-0.3, -0.25) is 4.98 Å². The van der Waals surface area contributed by atoms with Crippen LogP contribution in [0.15, 0.2) is 35.8 Å². The number of aliphatic hydroxyl groups excluding tert-OH is 1. The van der Waals surface area contributed by atoms with Gasteiger partial charge >= 0.3 is 0 Å². The molecule has 2 aromatic rings. The lowest BCUT2D eigenvalue weighted by Gasteiger charge is -2.08. The Bertz CT molecular complexity index is 415. The van der Waals surface area contributed by atoms with E-state index in [1.807, 2.05) is 23.6 Å². The van der Waals surface area contributed by atoms with Crippen molar-refractivity contribution in [1.29, 1.82) is 0 Å². The van der Waals surface area contributed by atoms with Crippen LogP contribution in [0.1, 0.15) is 17.4 Å². The Balaban J connectivity index is 2.34. The molecule has 2 nitrogen and oxygen atoms in total. The van der Waals surface area contributed by atoms with Gasteiger partial charge in [-0.2, -0.15) is 0 Å². The van der Waals surface area contributed by atoms with E-state index in [1.54, 1.807) is 12.3 Å². The average Bonchev–Trinajstić information content (AvgIpc) is 2.65. The van der Waals surface area contributed by atoms with E-state index in [-0.39, 0.29) is 0 Å². The summed E-state index contributed by atoms with van der Waals surface area (Å²) in [5.41, 5.74) is 1.34. The molecular formula is C10H8ClNOS. The molecule has 0 fully saturated rings. The maximum Gasteiger partial charge on any atom is 0.123 e. The summed E-state index contributed by atoms with van der Waals surface area (Å²) >= 11 is 7.32. The molecule has 0 aliphatic rings. The molecule has 1 atom stereocenters. The van der Waals surface area contributed by atoms with Crippen LogP contribution in [0, 0.1) is 0 Å². The topological polar surface area (TPSA) is 33.1 Å². The first-order valence-electron chi connectivity index (χ1n) is 4.11. The third-order valence-corrected chi connectivity index (χ3v) is 3.11. The summed E-state index contributed by atoms with van der Waals surface area (Å²) in [4.78, 5) is 4.07. The van der Waals surface area contributed by atoms with Crippen LogP contribution >= 0.6 is 22.9 Å². The highest BCUT2D eigenvalue weighted by Gasteiger charge is 2.15. The minimum absolute atomic E-state index is 0.614. The molecule has 14 heavy (non-hydrogen) atoms. The Hall–Kier alpha value is -0.900. The summed E-state index contributed by atoms with van der Waals surface area (Å²) in [6.45, 7) is 0. The van der Waals surface area contributed by atoms with Crippen molar-refractivity contribution < 1.29 is 5.11 Å². The minimum Gasteiger partial charge on any atom is -0.382 e. The fraction of sp³-hybridized carbons (Fsp3) is 0.100. The van der Waals surface area contributed by atoms with Crippen molar-refractivity contribution in [3.63, 3.8) is 0 Å². The van der Waals surface area contributed by atoms with Crippen molar-refractivity contribution in [2.45, 2.75) is 6.10 Å². The Morgan fingerprint density at radius 3 is 2.79 bits per heavy atom. The Labute approximate surface area is 90.8 Å². The number of halogens is 1. The smallest absolute Gasteiger partial charge is 0.123 e. The number of pyridine rings is 1. The highest BCUT2D eigenvalue weighted by Crippen LogP contribution is 2.31. The van der Waals surface area contributed by atoms with Crippen molar-refractivity contribution in [3.05, 3.63) is 51.4 Å². The summed E-state index contributed by atoms with van der Waals surface area (Å²) in [6.07, 6.45) is 0.925. The molecule has 0 bridgehead atoms. The first-order chi connectivity index (χ1) is 6.79. The highest BCUT2D eigenvalue weighted by molar-refractivity contribution is 7.14. The second-order valence-electron chi connectivity index (χ2n) is 2.81. The number of aliphatic hydroxyl groups is 1. The maximum absolute atomic E-state index is 9.92. The predicted molar refractivity (Wildman–Crippen MR) is 57.6 cm³/mol. The maximum atomic E-state index is 9.92. The number of thiophene rings is 1. The quantitative estimate of drug-likeness (QED) is 0.853. The lowest BCUT2D eigenvalue weighted by Crippen LogP contribution is -2.00. The zero-order valence-electron chi connectivity index (χ0n) is 7.22. The minimum atomic E-state index is -0.727. The van der Waals surface area contributed by atoms with Crippen molar-refractivity contribution in [2.24, 2.45) is 0 Å². The molecular weight excluding hydrogens is 218 g/mol. The predicted octanol–water partition coefficient (Wildman–Crippen LogP) is 2.88. The Kier molecular flexibility index (Phi) is 2.82. The van der Waals surface area contributed by atoms with Gasteiger partial charge in [-0.15, -0.1) is 11.3 Å². The van der Waals surface area contributed by atoms with E-state index in [4.69, 9.17) is 11.6 Å². The van der Waals surface area contributed by atoms with Gasteiger partial charge in [-0.05, 0) is 23.6 Å². The van der Waals surface area contributed by atoms with E-state index in [0.717, 1.165) is 5.56 Å². The fourth-order valence-corrected chi connectivity index (χ4v) is 2.17. The van der Waals surface area contributed by atoms with Gasteiger partial charge in [0.1, 0.15) is 6.10 Å². The average molecular weight is 226 g/mol. The molecule has 0 aliphatic heterocycles. The first-order valence-corrected chi connectivity index (χ1v) is 5.36. The monoisotopic (exact) mass is 225 g/mol. The molecule has 1 N–H and O–H groups in total. The second kappa shape index (κ2) is 4.09. The van der Waals surface area contributed by atoms with Crippen molar-refractivity contribution >= 4 is 22.9 Å². The van der Waals surface area contributed by atoms with Gasteiger partial charge in [0.05, 0.1) is 10.0 Å². The third kappa shape index (κ3) is 1.80. The number of hydrogen-bond acceptors (Lipinski definition) is 3. The molecule has 1 unspecified atom stereocenters. The van der Waals surface area contributed by atoms with Crippen molar-refractivity contribution in [1.82, 2.24) is 4.98 Å². The molecule has 0 spiro atoms. The van der Waals surface area contributed by atoms with Crippen LogP contribution < -0.4 is 0 Å². The molecule has 2 heterocycles. The van der Waals surface area contributed by atoms with Crippen LogP contribution in [-0.4, -0.2) is 10.1 Å². The molecule has 2 rings (SSSR count). The molecule has 0 saturated carbocycles. The van der Waals surface area contributed by atoms with Crippen LogP contribution in [0.2, 0.25) is 4.34 Å². The van der Waals surface area contributed by atoms with Crippen molar-refractivity contribution in [3.8, 4) is 0 Å². The molecule has 2 aromatic heterocycles. The molecule has 72 valence electrons. The number of nitrogens with zero attached hydrogens (tertiary/aromatic N) is 1. The standard InChI is InChI=1S/C10H8ClNOS/c11-10-7(4-6-14-10)9(13)8-3-1-2-5-12-8/h1-6,9,13H. The van der Waals surface area contributed by atoms with Gasteiger partial charge in [0.2, 0.25) is 0 Å². The summed E-state index contributed by atoms with van der Waals surface area (Å²) in [6, 6.07) is 7.24. The van der Waals surface area contributed by atoms with Crippen LogP contribution in [0.4, 0.5) is 0 Å². The lowest BCUT2D eigenvalue weighted by atomic mass is 10.1. The van der Waals surface area contributed by atoms with E-state index in [0.29, 0.717) is 10.0 Å². The van der Waals surface area contributed by atoms with E-state index < -0.39 is 6.10 Å². The van der Waals surface area contributed by atoms with Crippen LogP contribution in [0.5, 0.6) is 0 Å². The number of aromatic nitrogens is 1. The summed E-state index contributed by atoms with van der Waals surface area (Å²) in [5.74, 6) is 0. The van der Waals surface area contributed by atoms with E-state index in [9.17, 15) is 5.11 Å². The van der Waals surface area contributed by atoms with Crippen LogP contribution in [-0.2, 0) is 0 Å². The largest absolute Gasteiger partial charge is 0.382 e. The van der Waals surface area contributed by atoms with E-state index >= 15 is 0 Å². The summed E-state index contributed by atoms with van der Waals surface area (Å²) in [5, 5.41) is 11.8. The zero-order chi connectivity index (χ0) is 9.97. The lowest BCUT2D eigenvalue weighted by molar-refractivity contribution is 0.216. The Morgan fingerprint density at radius 2 is 2.21 bits per heavy atom. The third-order valence-electron chi connectivity index (χ3n) is 1.91. The van der Waals surface area contributed by atoms with E-state index in [1.165, 1.54) is 11.3 Å². The van der Waals surface area contributed by atoms with Crippen LogP contribution in [0.3, 0.4) is 0 Å². The van der Waals surface area contributed by atoms with Gasteiger partial charge in [0, 0.05) is 11.8 Å². The van der Waals surface area contributed by atoms with E-state index in [2.05, 4.69) is 4.98 Å². The molecule has 4 heteroatoms. The fourth-order valence-electron chi connectivity index (χ4n) is 1.20. The van der Waals surface area contributed by atoms with Gasteiger partial charge in [-0.25, -0.2) is 0 Å². The first kappa shape index (κ1) is 9.65. The molecule has 0 aliphatic carbocycles. The summed E-state index contributed by atoms with van der Waals surface area (Å²) in [7, 11) is 0. The molecule has 0 aromatic carbocycles. The molecule has 0 amide bonds. The van der Waals surface area contributed by atoms with Crippen LogP contribution in [0.25, 0.3) is 0 Å². The SMILES string of the molecule is OC(c1ccccn1)c1ccsc1Cl. The van der Waals surface area contributed by atoms with Crippen molar-refractivity contribution in [2.75, 3.05) is 0 Å². The van der Waals surface area contributed by atoms with Gasteiger partial charge < -0.3 is 5.11 Å².